The number of amides is 2. The number of carbonyl (C=O) groups is 2. The molecule has 2 aromatic carbocycles. The first kappa shape index (κ1) is 20.2. The Morgan fingerprint density at radius 1 is 0.889 bits per heavy atom. The molecule has 27 heavy (non-hydrogen) atoms. The van der Waals surface area contributed by atoms with Crippen LogP contribution in [0.15, 0.2) is 61.7 Å². The predicted molar refractivity (Wildman–Crippen MR) is 111 cm³/mol. The van der Waals surface area contributed by atoms with Gasteiger partial charge in [-0.25, -0.2) is 0 Å². The molecule has 0 aliphatic heterocycles. The second-order valence-corrected chi connectivity index (χ2v) is 6.29. The summed E-state index contributed by atoms with van der Waals surface area (Å²) in [6.45, 7) is 10.1. The van der Waals surface area contributed by atoms with Crippen LogP contribution < -0.4 is 10.6 Å². The van der Waals surface area contributed by atoms with Gasteiger partial charge in [0.2, 0.25) is 11.8 Å². The van der Waals surface area contributed by atoms with E-state index in [1.54, 1.807) is 12.2 Å². The van der Waals surface area contributed by atoms with E-state index in [0.29, 0.717) is 19.5 Å². The Morgan fingerprint density at radius 3 is 2.04 bits per heavy atom. The van der Waals surface area contributed by atoms with E-state index in [9.17, 15) is 9.59 Å². The number of carbonyl (C=O) groups excluding carboxylic acids is 2. The van der Waals surface area contributed by atoms with Gasteiger partial charge in [-0.1, -0.05) is 74.7 Å². The molecule has 2 aromatic rings. The Kier molecular flexibility index (Phi) is 7.56. The Balaban J connectivity index is 1.89. The minimum absolute atomic E-state index is 0.261. The summed E-state index contributed by atoms with van der Waals surface area (Å²) < 4.78 is 0. The van der Waals surface area contributed by atoms with Crippen molar-refractivity contribution in [2.75, 3.05) is 0 Å². The van der Waals surface area contributed by atoms with Crippen LogP contribution in [0.1, 0.15) is 35.6 Å². The molecule has 2 amide bonds. The Hall–Kier alpha value is -3.14. The molecule has 1 atom stereocenters. The molecule has 140 valence electrons. The highest BCUT2D eigenvalue weighted by Gasteiger charge is 2.24. The molecular formula is C23H26N2O2. The molecule has 0 bridgehead atoms. The minimum atomic E-state index is -0.708. The molecule has 0 saturated heterocycles. The lowest BCUT2D eigenvalue weighted by Crippen LogP contribution is -2.40. The summed E-state index contributed by atoms with van der Waals surface area (Å²) in [5.41, 5.74) is 3.97. The fourth-order valence-electron chi connectivity index (χ4n) is 2.72. The molecule has 0 aromatic heterocycles. The fourth-order valence-corrected chi connectivity index (χ4v) is 2.72. The quantitative estimate of drug-likeness (QED) is 0.664. The molecule has 0 aliphatic rings. The monoisotopic (exact) mass is 362 g/mol. The predicted octanol–water partition coefficient (Wildman–Crippen LogP) is 3.93. The van der Waals surface area contributed by atoms with Crippen LogP contribution in [-0.2, 0) is 22.7 Å². The van der Waals surface area contributed by atoms with Crippen LogP contribution in [0.3, 0.4) is 0 Å². The normalized spacial score (nSPS) is 11.3. The summed E-state index contributed by atoms with van der Waals surface area (Å²) in [5.74, 6) is -1.23. The van der Waals surface area contributed by atoms with Gasteiger partial charge in [0, 0.05) is 13.1 Å². The zero-order chi connectivity index (χ0) is 19.6. The van der Waals surface area contributed by atoms with Gasteiger partial charge in [0.25, 0.3) is 0 Å². The van der Waals surface area contributed by atoms with Crippen molar-refractivity contribution in [3.63, 3.8) is 0 Å². The molecule has 0 saturated carbocycles. The standard InChI is InChI=1S/C23H26N2O2/c1-4-17-10-12-19(13-11-17)15-24-22(26)21(6-3)23(27)25-16-20-9-7-8-18(5-2)14-20/h4-5,7-14,21H,1-2,6,15-16H2,3H3,(H,24,26)(H,25,27). The molecule has 0 fully saturated rings. The van der Waals surface area contributed by atoms with E-state index in [1.807, 2.05) is 55.5 Å². The van der Waals surface area contributed by atoms with Gasteiger partial charge in [0.15, 0.2) is 0 Å². The number of hydrogen-bond donors (Lipinski definition) is 2. The number of benzene rings is 2. The lowest BCUT2D eigenvalue weighted by molar-refractivity contribution is -0.135. The first-order valence-corrected chi connectivity index (χ1v) is 9.05. The molecule has 0 aliphatic carbocycles. The zero-order valence-corrected chi connectivity index (χ0v) is 15.7. The van der Waals surface area contributed by atoms with Gasteiger partial charge in [-0.2, -0.15) is 0 Å². The highest BCUT2D eigenvalue weighted by Crippen LogP contribution is 2.09. The van der Waals surface area contributed by atoms with Gasteiger partial charge in [-0.3, -0.25) is 9.59 Å². The van der Waals surface area contributed by atoms with Crippen LogP contribution in [0.5, 0.6) is 0 Å². The SMILES string of the molecule is C=Cc1ccc(CNC(=O)C(CC)C(=O)NCc2cccc(C=C)c2)cc1. The Morgan fingerprint density at radius 2 is 1.48 bits per heavy atom. The molecule has 2 rings (SSSR count). The third-order valence-electron chi connectivity index (χ3n) is 4.38. The van der Waals surface area contributed by atoms with E-state index in [1.165, 1.54) is 0 Å². The van der Waals surface area contributed by atoms with Crippen molar-refractivity contribution < 1.29 is 9.59 Å². The van der Waals surface area contributed by atoms with Crippen LogP contribution in [0, 0.1) is 5.92 Å². The second kappa shape index (κ2) is 10.1. The van der Waals surface area contributed by atoms with Gasteiger partial charge in [-0.15, -0.1) is 0 Å². The number of rotatable bonds is 9. The largest absolute Gasteiger partial charge is 0.351 e. The van der Waals surface area contributed by atoms with Crippen molar-refractivity contribution in [1.29, 1.82) is 0 Å². The molecule has 4 nitrogen and oxygen atoms in total. The highest BCUT2D eigenvalue weighted by atomic mass is 16.2. The van der Waals surface area contributed by atoms with E-state index in [4.69, 9.17) is 0 Å². The van der Waals surface area contributed by atoms with Crippen molar-refractivity contribution in [1.82, 2.24) is 10.6 Å². The van der Waals surface area contributed by atoms with Crippen LogP contribution in [0.25, 0.3) is 12.2 Å². The molecule has 0 spiro atoms. The topological polar surface area (TPSA) is 58.2 Å². The first-order chi connectivity index (χ1) is 13.1. The van der Waals surface area contributed by atoms with E-state index >= 15 is 0 Å². The maximum Gasteiger partial charge on any atom is 0.232 e. The summed E-state index contributed by atoms with van der Waals surface area (Å²) in [7, 11) is 0. The second-order valence-electron chi connectivity index (χ2n) is 6.29. The van der Waals surface area contributed by atoms with Crippen molar-refractivity contribution >= 4 is 24.0 Å². The summed E-state index contributed by atoms with van der Waals surface area (Å²) in [5, 5.41) is 5.70. The van der Waals surface area contributed by atoms with Gasteiger partial charge in [0.05, 0.1) is 0 Å². The van der Waals surface area contributed by atoms with Crippen LogP contribution in [0.4, 0.5) is 0 Å². The first-order valence-electron chi connectivity index (χ1n) is 9.05. The lowest BCUT2D eigenvalue weighted by atomic mass is 10.0. The minimum Gasteiger partial charge on any atom is -0.351 e. The molecule has 4 heteroatoms. The van der Waals surface area contributed by atoms with Crippen molar-refractivity contribution in [2.24, 2.45) is 5.92 Å². The van der Waals surface area contributed by atoms with Crippen LogP contribution >= 0.6 is 0 Å². The van der Waals surface area contributed by atoms with Gasteiger partial charge >= 0.3 is 0 Å². The lowest BCUT2D eigenvalue weighted by Gasteiger charge is -2.15. The summed E-state index contributed by atoms with van der Waals surface area (Å²) in [6, 6.07) is 15.5. The molecule has 0 heterocycles. The fraction of sp³-hybridized carbons (Fsp3) is 0.217. The maximum absolute atomic E-state index is 12.4. The average molecular weight is 362 g/mol. The van der Waals surface area contributed by atoms with Gasteiger partial charge in [0.1, 0.15) is 5.92 Å². The smallest absolute Gasteiger partial charge is 0.232 e. The Bertz CT molecular complexity index is 809. The van der Waals surface area contributed by atoms with Gasteiger partial charge < -0.3 is 10.6 Å². The van der Waals surface area contributed by atoms with Crippen LogP contribution in [0.2, 0.25) is 0 Å². The van der Waals surface area contributed by atoms with E-state index in [-0.39, 0.29) is 11.8 Å². The molecule has 2 N–H and O–H groups in total. The van der Waals surface area contributed by atoms with E-state index < -0.39 is 5.92 Å². The van der Waals surface area contributed by atoms with Crippen molar-refractivity contribution in [3.05, 3.63) is 83.9 Å². The zero-order valence-electron chi connectivity index (χ0n) is 15.7. The molecular weight excluding hydrogens is 336 g/mol. The maximum atomic E-state index is 12.4. The third-order valence-corrected chi connectivity index (χ3v) is 4.38. The number of nitrogens with one attached hydrogen (secondary N) is 2. The van der Waals surface area contributed by atoms with Crippen molar-refractivity contribution in [3.8, 4) is 0 Å². The summed E-state index contributed by atoms with van der Waals surface area (Å²) >= 11 is 0. The third kappa shape index (κ3) is 5.96. The summed E-state index contributed by atoms with van der Waals surface area (Å²) in [6.07, 6.45) is 3.97. The van der Waals surface area contributed by atoms with E-state index in [0.717, 1.165) is 22.3 Å². The average Bonchev–Trinajstić information content (AvgIpc) is 2.71. The Labute approximate surface area is 161 Å². The highest BCUT2D eigenvalue weighted by molar-refractivity contribution is 6.00. The van der Waals surface area contributed by atoms with Gasteiger partial charge in [-0.05, 0) is 34.7 Å². The van der Waals surface area contributed by atoms with Crippen LogP contribution in [-0.4, -0.2) is 11.8 Å². The molecule has 1 unspecified atom stereocenters. The van der Waals surface area contributed by atoms with Crippen molar-refractivity contribution in [2.45, 2.75) is 26.4 Å². The number of hydrogen-bond acceptors (Lipinski definition) is 2. The molecule has 0 radical (unpaired) electrons. The van der Waals surface area contributed by atoms with E-state index in [2.05, 4.69) is 23.8 Å². The summed E-state index contributed by atoms with van der Waals surface area (Å²) in [4.78, 5) is 24.9.